The average Bonchev–Trinajstić information content (AvgIpc) is 3.17. The van der Waals surface area contributed by atoms with Gasteiger partial charge in [0.25, 0.3) is 0 Å². The Morgan fingerprint density at radius 3 is 2.52 bits per heavy atom. The molecule has 3 rings (SSSR count). The van der Waals surface area contributed by atoms with E-state index in [1.165, 1.54) is 11.6 Å². The van der Waals surface area contributed by atoms with Gasteiger partial charge < -0.3 is 14.0 Å². The molecule has 7 heteroatoms. The number of hydrogen-bond acceptors (Lipinski definition) is 3. The van der Waals surface area contributed by atoms with E-state index in [2.05, 4.69) is 4.98 Å². The SMILES string of the molecule is Cn1cc(C(F)(F)F)nc1-c1ccc(OCC2CO2)cc1. The Morgan fingerprint density at radius 1 is 1.33 bits per heavy atom. The summed E-state index contributed by atoms with van der Waals surface area (Å²) < 4.78 is 49.8. The summed E-state index contributed by atoms with van der Waals surface area (Å²) in [5.74, 6) is 0.916. The summed E-state index contributed by atoms with van der Waals surface area (Å²) in [4.78, 5) is 3.64. The molecule has 0 N–H and O–H groups in total. The number of nitrogens with zero attached hydrogens (tertiary/aromatic N) is 2. The molecule has 0 saturated carbocycles. The van der Waals surface area contributed by atoms with E-state index in [9.17, 15) is 13.2 Å². The molecule has 1 aromatic heterocycles. The first-order valence-corrected chi connectivity index (χ1v) is 6.39. The molecule has 0 radical (unpaired) electrons. The van der Waals surface area contributed by atoms with Gasteiger partial charge in [-0.15, -0.1) is 0 Å². The first-order valence-electron chi connectivity index (χ1n) is 6.39. The van der Waals surface area contributed by atoms with E-state index < -0.39 is 11.9 Å². The Labute approximate surface area is 119 Å². The zero-order valence-electron chi connectivity index (χ0n) is 11.2. The van der Waals surface area contributed by atoms with Crippen LogP contribution in [0.15, 0.2) is 30.5 Å². The van der Waals surface area contributed by atoms with Gasteiger partial charge in [0.15, 0.2) is 5.69 Å². The van der Waals surface area contributed by atoms with E-state index in [4.69, 9.17) is 9.47 Å². The molecule has 0 bridgehead atoms. The highest BCUT2D eigenvalue weighted by molar-refractivity contribution is 5.57. The molecular formula is C14H13F3N2O2. The molecule has 1 aliphatic heterocycles. The summed E-state index contributed by atoms with van der Waals surface area (Å²) in [6.45, 7) is 1.20. The molecular weight excluding hydrogens is 285 g/mol. The molecule has 4 nitrogen and oxygen atoms in total. The number of imidazole rings is 1. The van der Waals surface area contributed by atoms with Crippen LogP contribution in [0.25, 0.3) is 11.4 Å². The number of ether oxygens (including phenoxy) is 2. The maximum atomic E-state index is 12.6. The highest BCUT2D eigenvalue weighted by Crippen LogP contribution is 2.31. The number of aryl methyl sites for hydroxylation is 1. The summed E-state index contributed by atoms with van der Waals surface area (Å²) in [5, 5.41) is 0. The van der Waals surface area contributed by atoms with Crippen LogP contribution in [0.5, 0.6) is 5.75 Å². The van der Waals surface area contributed by atoms with Crippen LogP contribution in [0, 0.1) is 0 Å². The lowest BCUT2D eigenvalue weighted by Crippen LogP contribution is -2.05. The molecule has 1 unspecified atom stereocenters. The van der Waals surface area contributed by atoms with Gasteiger partial charge in [-0.1, -0.05) is 0 Å². The van der Waals surface area contributed by atoms with Gasteiger partial charge in [-0.05, 0) is 24.3 Å². The highest BCUT2D eigenvalue weighted by Gasteiger charge is 2.34. The number of alkyl halides is 3. The van der Waals surface area contributed by atoms with Gasteiger partial charge in [0, 0.05) is 18.8 Å². The van der Waals surface area contributed by atoms with Crippen molar-refractivity contribution in [1.82, 2.24) is 9.55 Å². The van der Waals surface area contributed by atoms with Crippen LogP contribution in [-0.4, -0.2) is 28.9 Å². The van der Waals surface area contributed by atoms with E-state index >= 15 is 0 Å². The van der Waals surface area contributed by atoms with Crippen molar-refractivity contribution in [3.8, 4) is 17.1 Å². The third kappa shape index (κ3) is 3.18. The van der Waals surface area contributed by atoms with Crippen molar-refractivity contribution in [3.63, 3.8) is 0 Å². The van der Waals surface area contributed by atoms with Crippen LogP contribution < -0.4 is 4.74 Å². The second-order valence-corrected chi connectivity index (χ2v) is 4.85. The monoisotopic (exact) mass is 298 g/mol. The second kappa shape index (κ2) is 5.07. The molecule has 0 aliphatic carbocycles. The van der Waals surface area contributed by atoms with Gasteiger partial charge in [-0.3, -0.25) is 0 Å². The van der Waals surface area contributed by atoms with Crippen LogP contribution in [0.3, 0.4) is 0 Å². The van der Waals surface area contributed by atoms with E-state index in [1.54, 1.807) is 24.3 Å². The van der Waals surface area contributed by atoms with Gasteiger partial charge in [0.2, 0.25) is 0 Å². The Kier molecular flexibility index (Phi) is 3.36. The molecule has 1 fully saturated rings. The fourth-order valence-electron chi connectivity index (χ4n) is 1.92. The van der Waals surface area contributed by atoms with E-state index in [-0.39, 0.29) is 11.9 Å². The summed E-state index contributed by atoms with van der Waals surface area (Å²) in [5.41, 5.74) is -0.297. The Balaban J connectivity index is 1.78. The number of hydrogen-bond donors (Lipinski definition) is 0. The predicted molar refractivity (Wildman–Crippen MR) is 68.9 cm³/mol. The molecule has 2 heterocycles. The van der Waals surface area contributed by atoms with Crippen LogP contribution in [0.2, 0.25) is 0 Å². The maximum absolute atomic E-state index is 12.6. The van der Waals surface area contributed by atoms with Crippen molar-refractivity contribution >= 4 is 0 Å². The lowest BCUT2D eigenvalue weighted by atomic mass is 10.2. The van der Waals surface area contributed by atoms with Crippen molar-refractivity contribution in [2.75, 3.05) is 13.2 Å². The largest absolute Gasteiger partial charge is 0.491 e. The Hall–Kier alpha value is -2.02. The topological polar surface area (TPSA) is 39.6 Å². The predicted octanol–water partition coefficient (Wildman–Crippen LogP) is 2.88. The Morgan fingerprint density at radius 2 is 2.00 bits per heavy atom. The molecule has 1 aliphatic rings. The lowest BCUT2D eigenvalue weighted by molar-refractivity contribution is -0.140. The number of rotatable bonds is 4. The molecule has 0 amide bonds. The summed E-state index contributed by atoms with van der Waals surface area (Å²) >= 11 is 0. The van der Waals surface area contributed by atoms with Gasteiger partial charge in [0.1, 0.15) is 24.3 Å². The third-order valence-corrected chi connectivity index (χ3v) is 3.12. The smallest absolute Gasteiger partial charge is 0.434 e. The van der Waals surface area contributed by atoms with Crippen molar-refractivity contribution in [2.24, 2.45) is 7.05 Å². The fourth-order valence-corrected chi connectivity index (χ4v) is 1.92. The zero-order valence-corrected chi connectivity index (χ0v) is 11.2. The highest BCUT2D eigenvalue weighted by atomic mass is 19.4. The van der Waals surface area contributed by atoms with Gasteiger partial charge in [-0.2, -0.15) is 13.2 Å². The second-order valence-electron chi connectivity index (χ2n) is 4.85. The maximum Gasteiger partial charge on any atom is 0.434 e. The quantitative estimate of drug-likeness (QED) is 0.815. The molecule has 1 aromatic carbocycles. The fraction of sp³-hybridized carbons (Fsp3) is 0.357. The summed E-state index contributed by atoms with van der Waals surface area (Å²) in [6, 6.07) is 6.79. The van der Waals surface area contributed by atoms with E-state index in [1.807, 2.05) is 0 Å². The molecule has 1 saturated heterocycles. The third-order valence-electron chi connectivity index (χ3n) is 3.12. The number of epoxide rings is 1. The van der Waals surface area contributed by atoms with Crippen molar-refractivity contribution < 1.29 is 22.6 Å². The standard InChI is InChI=1S/C14H13F3N2O2/c1-19-6-12(14(15,16)17)18-13(19)9-2-4-10(5-3-9)20-7-11-8-21-11/h2-6,11H,7-8H2,1H3. The molecule has 2 aromatic rings. The summed E-state index contributed by atoms with van der Waals surface area (Å²) in [6.07, 6.45) is -3.30. The van der Waals surface area contributed by atoms with Crippen LogP contribution >= 0.6 is 0 Å². The minimum absolute atomic E-state index is 0.161. The average molecular weight is 298 g/mol. The number of aromatic nitrogens is 2. The van der Waals surface area contributed by atoms with Crippen molar-refractivity contribution in [3.05, 3.63) is 36.2 Å². The number of benzene rings is 1. The molecule has 1 atom stereocenters. The lowest BCUT2D eigenvalue weighted by Gasteiger charge is -2.06. The number of halogens is 3. The van der Waals surface area contributed by atoms with Crippen LogP contribution in [-0.2, 0) is 18.0 Å². The van der Waals surface area contributed by atoms with Gasteiger partial charge in [0.05, 0.1) is 6.61 Å². The first kappa shape index (κ1) is 13.9. The zero-order chi connectivity index (χ0) is 15.0. The normalized spacial score (nSPS) is 17.8. The van der Waals surface area contributed by atoms with E-state index in [0.29, 0.717) is 24.5 Å². The van der Waals surface area contributed by atoms with Gasteiger partial charge in [-0.25, -0.2) is 4.98 Å². The molecule has 21 heavy (non-hydrogen) atoms. The van der Waals surface area contributed by atoms with Gasteiger partial charge >= 0.3 is 6.18 Å². The molecule has 0 spiro atoms. The Bertz CT molecular complexity index is 631. The minimum atomic E-state index is -4.44. The first-order chi connectivity index (χ1) is 9.93. The minimum Gasteiger partial charge on any atom is -0.491 e. The van der Waals surface area contributed by atoms with Crippen LogP contribution in [0.1, 0.15) is 5.69 Å². The van der Waals surface area contributed by atoms with E-state index in [0.717, 1.165) is 6.20 Å². The van der Waals surface area contributed by atoms with Crippen molar-refractivity contribution in [2.45, 2.75) is 12.3 Å². The molecule has 112 valence electrons. The van der Waals surface area contributed by atoms with Crippen LogP contribution in [0.4, 0.5) is 13.2 Å². The summed E-state index contributed by atoms with van der Waals surface area (Å²) in [7, 11) is 1.53. The van der Waals surface area contributed by atoms with Crippen molar-refractivity contribution in [1.29, 1.82) is 0 Å².